The number of thiazole rings is 1. The minimum Gasteiger partial charge on any atom is -0.493 e. The fraction of sp³-hybridized carbons (Fsp3) is 0.424. The third-order valence-corrected chi connectivity index (χ3v) is 12.1. The van der Waals surface area contributed by atoms with Crippen molar-refractivity contribution in [3.8, 4) is 11.5 Å². The van der Waals surface area contributed by atoms with Gasteiger partial charge in [-0.25, -0.2) is 9.59 Å². The summed E-state index contributed by atoms with van der Waals surface area (Å²) in [6, 6.07) is 11.9. The van der Waals surface area contributed by atoms with Gasteiger partial charge in [0.25, 0.3) is 0 Å². The first-order chi connectivity index (χ1) is 22.2. The van der Waals surface area contributed by atoms with E-state index in [1.165, 1.54) is 23.3 Å². The molecule has 2 amide bonds. The van der Waals surface area contributed by atoms with Crippen molar-refractivity contribution in [1.82, 2.24) is 4.98 Å². The summed E-state index contributed by atoms with van der Waals surface area (Å²) in [6.07, 6.45) is 0.748. The van der Waals surface area contributed by atoms with Gasteiger partial charge in [0.2, 0.25) is 11.8 Å². The molecule has 0 unspecified atom stereocenters. The number of amides is 2. The first kappa shape index (κ1) is 30.5. The molecule has 0 radical (unpaired) electrons. The molecule has 2 aliphatic carbocycles. The van der Waals surface area contributed by atoms with Gasteiger partial charge >= 0.3 is 16.8 Å². The number of aromatic nitrogens is 1. The molecule has 3 aromatic rings. The first-order valence-electron chi connectivity index (χ1n) is 15.3. The summed E-state index contributed by atoms with van der Waals surface area (Å²) >= 11 is 2.78. The molecule has 7 rings (SSSR count). The molecule has 1 N–H and O–H groups in total. The molecule has 2 aliphatic heterocycles. The number of rotatable bonds is 9. The number of anilines is 1. The summed E-state index contributed by atoms with van der Waals surface area (Å²) in [4.78, 5) is 69.8. The lowest BCUT2D eigenvalue weighted by atomic mass is 9.68. The van der Waals surface area contributed by atoms with E-state index in [1.54, 1.807) is 55.9 Å². The molecule has 240 valence electrons. The fourth-order valence-electron chi connectivity index (χ4n) is 7.94. The van der Waals surface area contributed by atoms with Crippen LogP contribution in [0.1, 0.15) is 47.0 Å². The Morgan fingerprint density at radius 2 is 1.65 bits per heavy atom. The van der Waals surface area contributed by atoms with E-state index < -0.39 is 23.8 Å². The highest BCUT2D eigenvalue weighted by Gasteiger charge is 2.69. The van der Waals surface area contributed by atoms with Gasteiger partial charge in [-0.3, -0.25) is 19.3 Å². The lowest BCUT2D eigenvalue weighted by molar-refractivity contribution is -0.145. The van der Waals surface area contributed by atoms with Crippen LogP contribution >= 0.6 is 23.1 Å². The molecule has 3 heterocycles. The van der Waals surface area contributed by atoms with Gasteiger partial charge in [-0.2, -0.15) is 0 Å². The van der Waals surface area contributed by atoms with E-state index in [0.29, 0.717) is 22.7 Å². The number of nitrogens with zero attached hydrogens (tertiary/aromatic N) is 1. The number of carbonyl (C=O) groups excluding carboxylic acids is 4. The van der Waals surface area contributed by atoms with Crippen LogP contribution in [-0.4, -0.2) is 60.9 Å². The highest BCUT2D eigenvalue weighted by Crippen LogP contribution is 2.68. The molecule has 2 saturated carbocycles. The van der Waals surface area contributed by atoms with Gasteiger partial charge in [0, 0.05) is 16.0 Å². The van der Waals surface area contributed by atoms with Crippen LogP contribution < -0.4 is 19.2 Å². The Kier molecular flexibility index (Phi) is 7.92. The SMILES string of the molecule is CCOC(=O)COc1ccc([C@@H]2c3sc(=O)[nH]c3S[C@@H]3[C@@H]4C[C@@H]([C@@H]5C(=O)N(c6ccc(C(=O)OCC)cc6)C(=O)[C@@H]45)[C@H]23)cc1OC. The predicted molar refractivity (Wildman–Crippen MR) is 169 cm³/mol. The molecule has 4 aliphatic rings. The van der Waals surface area contributed by atoms with Crippen LogP contribution in [0.4, 0.5) is 5.69 Å². The van der Waals surface area contributed by atoms with Crippen LogP contribution in [-0.2, 0) is 23.9 Å². The monoisotopic (exact) mass is 664 g/mol. The van der Waals surface area contributed by atoms with E-state index in [4.69, 9.17) is 18.9 Å². The van der Waals surface area contributed by atoms with Crippen LogP contribution in [0, 0.1) is 29.6 Å². The molecule has 7 atom stereocenters. The Morgan fingerprint density at radius 3 is 2.35 bits per heavy atom. The Morgan fingerprint density at radius 1 is 0.935 bits per heavy atom. The average Bonchev–Trinajstić information content (AvgIpc) is 3.79. The Balaban J connectivity index is 1.21. The number of nitrogens with one attached hydrogen (secondary N) is 1. The van der Waals surface area contributed by atoms with Gasteiger partial charge in [0.15, 0.2) is 18.1 Å². The number of hydrogen-bond acceptors (Lipinski definition) is 11. The fourth-order valence-corrected chi connectivity index (χ4v) is 10.8. The van der Waals surface area contributed by atoms with Crippen molar-refractivity contribution in [1.29, 1.82) is 0 Å². The second-order valence-corrected chi connectivity index (χ2v) is 13.9. The van der Waals surface area contributed by atoms with Gasteiger partial charge in [0.05, 0.1) is 48.4 Å². The maximum absolute atomic E-state index is 14.1. The van der Waals surface area contributed by atoms with Crippen LogP contribution in [0.2, 0.25) is 0 Å². The molecule has 1 saturated heterocycles. The molecule has 3 fully saturated rings. The number of esters is 2. The average molecular weight is 665 g/mol. The smallest absolute Gasteiger partial charge is 0.344 e. The summed E-state index contributed by atoms with van der Waals surface area (Å²) in [5, 5.41) is 0.817. The molecule has 1 aromatic heterocycles. The number of carbonyl (C=O) groups is 4. The third-order valence-electron chi connectivity index (χ3n) is 9.56. The number of hydrogen-bond donors (Lipinski definition) is 1. The first-order valence-corrected chi connectivity index (χ1v) is 17.0. The Hall–Kier alpha value is -4.10. The van der Waals surface area contributed by atoms with E-state index in [0.717, 1.165) is 21.9 Å². The third kappa shape index (κ3) is 4.82. The van der Waals surface area contributed by atoms with Gasteiger partial charge in [-0.1, -0.05) is 17.4 Å². The predicted octanol–water partition coefficient (Wildman–Crippen LogP) is 4.24. The van der Waals surface area contributed by atoms with Crippen LogP contribution in [0.25, 0.3) is 0 Å². The van der Waals surface area contributed by atoms with Crippen LogP contribution in [0.15, 0.2) is 52.3 Å². The number of imide groups is 1. The standard InChI is InChI=1S/C33H32N2O9S2/c1-4-42-22(36)14-44-20-11-8-16(12-21(20)41-3)23-24-18-13-19(27(24)45-29-28(23)46-33(40)34-29)26-25(18)30(37)35(31(26)38)17-9-6-15(7-10-17)32(39)43-5-2/h6-12,18-19,23-27H,4-5,13-14H2,1-3H3,(H,34,40)/t18-,19-,23+,24-,25+,26+,27-/m1/s1. The number of H-pyrrole nitrogens is 1. The second kappa shape index (κ2) is 11.9. The van der Waals surface area contributed by atoms with Gasteiger partial charge in [-0.15, -0.1) is 11.8 Å². The highest BCUT2D eigenvalue weighted by molar-refractivity contribution is 8.00. The second-order valence-electron chi connectivity index (χ2n) is 11.7. The largest absolute Gasteiger partial charge is 0.493 e. The highest BCUT2D eigenvalue weighted by atomic mass is 32.2. The van der Waals surface area contributed by atoms with Crippen molar-refractivity contribution in [2.75, 3.05) is 31.8 Å². The van der Waals surface area contributed by atoms with E-state index >= 15 is 0 Å². The minimum atomic E-state index is -0.487. The van der Waals surface area contributed by atoms with Gasteiger partial charge in [-0.05, 0) is 80.0 Å². The number of fused-ring (bicyclic) bond motifs is 9. The van der Waals surface area contributed by atoms with Crippen molar-refractivity contribution in [3.05, 3.63) is 68.1 Å². The lowest BCUT2D eigenvalue weighted by Gasteiger charge is -2.43. The zero-order valence-corrected chi connectivity index (χ0v) is 27.0. The van der Waals surface area contributed by atoms with Crippen molar-refractivity contribution in [3.63, 3.8) is 0 Å². The van der Waals surface area contributed by atoms with Crippen LogP contribution in [0.3, 0.4) is 0 Å². The van der Waals surface area contributed by atoms with Gasteiger partial charge in [0.1, 0.15) is 0 Å². The van der Waals surface area contributed by atoms with Crippen molar-refractivity contribution in [2.24, 2.45) is 29.6 Å². The molecule has 2 bridgehead atoms. The topological polar surface area (TPSA) is 141 Å². The van der Waals surface area contributed by atoms with Crippen molar-refractivity contribution in [2.45, 2.75) is 36.5 Å². The summed E-state index contributed by atoms with van der Waals surface area (Å²) in [5.74, 6) is -1.82. The summed E-state index contributed by atoms with van der Waals surface area (Å²) in [5.41, 5.74) is 1.69. The summed E-state index contributed by atoms with van der Waals surface area (Å²) < 4.78 is 21.4. The van der Waals surface area contributed by atoms with E-state index in [-0.39, 0.29) is 65.4 Å². The number of ether oxygens (including phenoxy) is 4. The van der Waals surface area contributed by atoms with E-state index in [9.17, 15) is 24.0 Å². The number of benzene rings is 2. The van der Waals surface area contributed by atoms with Crippen molar-refractivity contribution < 1.29 is 38.1 Å². The molecule has 0 spiro atoms. The normalized spacial score (nSPS) is 27.2. The van der Waals surface area contributed by atoms with E-state index in [2.05, 4.69) is 4.98 Å². The Bertz CT molecular complexity index is 1780. The van der Waals surface area contributed by atoms with Gasteiger partial charge < -0.3 is 23.9 Å². The zero-order chi connectivity index (χ0) is 32.3. The van der Waals surface area contributed by atoms with Crippen LogP contribution in [0.5, 0.6) is 11.5 Å². The molecule has 13 heteroatoms. The quantitative estimate of drug-likeness (QED) is 0.261. The molecule has 2 aromatic carbocycles. The number of thioether (sulfide) groups is 1. The molecular weight excluding hydrogens is 633 g/mol. The lowest BCUT2D eigenvalue weighted by Crippen LogP contribution is -2.42. The number of methoxy groups -OCH3 is 1. The maximum atomic E-state index is 14.1. The molecule has 11 nitrogen and oxygen atoms in total. The Labute approximate surface area is 272 Å². The zero-order valence-electron chi connectivity index (χ0n) is 25.3. The number of aromatic amines is 1. The molecular formula is C33H32N2O9S2. The summed E-state index contributed by atoms with van der Waals surface area (Å²) in [7, 11) is 1.52. The molecule has 46 heavy (non-hydrogen) atoms. The maximum Gasteiger partial charge on any atom is 0.344 e. The summed E-state index contributed by atoms with van der Waals surface area (Å²) in [6.45, 7) is 3.69. The van der Waals surface area contributed by atoms with Crippen molar-refractivity contribution >= 4 is 52.5 Å². The van der Waals surface area contributed by atoms with E-state index in [1.807, 2.05) is 12.1 Å². The minimum absolute atomic E-state index is 0.00547.